The van der Waals surface area contributed by atoms with Crippen molar-refractivity contribution in [2.75, 3.05) is 13.2 Å². The van der Waals surface area contributed by atoms with E-state index in [0.717, 1.165) is 36.2 Å². The van der Waals surface area contributed by atoms with Gasteiger partial charge in [0.1, 0.15) is 5.75 Å². The third-order valence-corrected chi connectivity index (χ3v) is 3.09. The Bertz CT molecular complexity index is 339. The number of halogens is 1. The van der Waals surface area contributed by atoms with Crippen molar-refractivity contribution in [3.63, 3.8) is 0 Å². The first kappa shape index (κ1) is 14.5. The van der Waals surface area contributed by atoms with Crippen molar-refractivity contribution in [1.29, 1.82) is 0 Å². The Hall–Kier alpha value is -0.540. The van der Waals surface area contributed by atoms with Crippen LogP contribution in [0.1, 0.15) is 32.3 Å². The van der Waals surface area contributed by atoms with Crippen LogP contribution in [0.2, 0.25) is 0 Å². The zero-order valence-electron chi connectivity index (χ0n) is 10.9. The van der Waals surface area contributed by atoms with Crippen LogP contribution in [-0.2, 0) is 0 Å². The Morgan fingerprint density at radius 2 is 2.06 bits per heavy atom. The highest BCUT2D eigenvalue weighted by atomic mass is 79.9. The first-order valence-electron chi connectivity index (χ1n) is 6.22. The van der Waals surface area contributed by atoms with E-state index in [-0.39, 0.29) is 0 Å². The molecule has 1 aromatic rings. The van der Waals surface area contributed by atoms with Gasteiger partial charge in [0.25, 0.3) is 0 Å². The number of nitrogens with one attached hydrogen (secondary N) is 1. The maximum absolute atomic E-state index is 5.72. The van der Waals surface area contributed by atoms with E-state index in [1.165, 1.54) is 5.56 Å². The Balaban J connectivity index is 2.18. The van der Waals surface area contributed by atoms with Crippen molar-refractivity contribution >= 4 is 15.9 Å². The van der Waals surface area contributed by atoms with Crippen LogP contribution in [0.5, 0.6) is 5.75 Å². The number of benzene rings is 1. The summed E-state index contributed by atoms with van der Waals surface area (Å²) in [7, 11) is 0. The van der Waals surface area contributed by atoms with Gasteiger partial charge in [-0.2, -0.15) is 0 Å². The fraction of sp³-hybridized carbons (Fsp3) is 0.571. The molecule has 0 saturated carbocycles. The summed E-state index contributed by atoms with van der Waals surface area (Å²) in [6, 6.07) is 6.74. The molecule has 2 nitrogen and oxygen atoms in total. The highest BCUT2D eigenvalue weighted by Crippen LogP contribution is 2.25. The molecular weight excluding hydrogens is 278 g/mol. The third kappa shape index (κ3) is 6.08. The molecule has 0 radical (unpaired) electrons. The monoisotopic (exact) mass is 299 g/mol. The molecule has 0 aliphatic rings. The summed E-state index contributed by atoms with van der Waals surface area (Å²) >= 11 is 3.51. The SMILES string of the molecule is Cc1ccc(OCCCCNC(C)C)c(Br)c1. The predicted octanol–water partition coefficient (Wildman–Crippen LogP) is 3.91. The van der Waals surface area contributed by atoms with E-state index >= 15 is 0 Å². The summed E-state index contributed by atoms with van der Waals surface area (Å²) in [5.74, 6) is 0.937. The molecule has 0 bridgehead atoms. The van der Waals surface area contributed by atoms with Gasteiger partial charge in [0.2, 0.25) is 0 Å². The minimum Gasteiger partial charge on any atom is -0.492 e. The molecule has 1 N–H and O–H groups in total. The normalized spacial score (nSPS) is 10.9. The Morgan fingerprint density at radius 1 is 1.29 bits per heavy atom. The molecule has 0 aliphatic heterocycles. The van der Waals surface area contributed by atoms with E-state index in [0.29, 0.717) is 6.04 Å². The second-order valence-corrected chi connectivity index (χ2v) is 5.45. The fourth-order valence-corrected chi connectivity index (χ4v) is 2.13. The lowest BCUT2D eigenvalue weighted by Crippen LogP contribution is -2.23. The lowest BCUT2D eigenvalue weighted by molar-refractivity contribution is 0.303. The van der Waals surface area contributed by atoms with Crippen LogP contribution in [-0.4, -0.2) is 19.2 Å². The zero-order chi connectivity index (χ0) is 12.7. The molecule has 0 amide bonds. The molecule has 17 heavy (non-hydrogen) atoms. The highest BCUT2D eigenvalue weighted by Gasteiger charge is 2.00. The van der Waals surface area contributed by atoms with Crippen molar-refractivity contribution in [2.45, 2.75) is 39.7 Å². The maximum Gasteiger partial charge on any atom is 0.133 e. The van der Waals surface area contributed by atoms with Crippen molar-refractivity contribution in [1.82, 2.24) is 5.32 Å². The Labute approximate surface area is 113 Å². The van der Waals surface area contributed by atoms with Gasteiger partial charge in [-0.05, 0) is 59.9 Å². The number of hydrogen-bond acceptors (Lipinski definition) is 2. The van der Waals surface area contributed by atoms with Gasteiger partial charge in [-0.3, -0.25) is 0 Å². The van der Waals surface area contributed by atoms with Gasteiger partial charge >= 0.3 is 0 Å². The minimum atomic E-state index is 0.571. The maximum atomic E-state index is 5.72. The molecule has 1 aromatic carbocycles. The first-order valence-corrected chi connectivity index (χ1v) is 7.01. The Kier molecular flexibility index (Phi) is 6.60. The summed E-state index contributed by atoms with van der Waals surface area (Å²) in [6.07, 6.45) is 2.24. The summed E-state index contributed by atoms with van der Waals surface area (Å²) in [4.78, 5) is 0. The fourth-order valence-electron chi connectivity index (χ4n) is 1.52. The number of unbranched alkanes of at least 4 members (excludes halogenated alkanes) is 1. The predicted molar refractivity (Wildman–Crippen MR) is 76.7 cm³/mol. The smallest absolute Gasteiger partial charge is 0.133 e. The number of aryl methyl sites for hydroxylation is 1. The van der Waals surface area contributed by atoms with E-state index in [9.17, 15) is 0 Å². The summed E-state index contributed by atoms with van der Waals surface area (Å²) in [6.45, 7) is 8.25. The van der Waals surface area contributed by atoms with Crippen LogP contribution in [0.25, 0.3) is 0 Å². The second kappa shape index (κ2) is 7.72. The topological polar surface area (TPSA) is 21.3 Å². The zero-order valence-corrected chi connectivity index (χ0v) is 12.5. The van der Waals surface area contributed by atoms with Crippen molar-refractivity contribution in [2.24, 2.45) is 0 Å². The molecular formula is C14H22BrNO. The molecule has 0 fully saturated rings. The summed E-state index contributed by atoms with van der Waals surface area (Å²) in [5.41, 5.74) is 1.24. The van der Waals surface area contributed by atoms with Gasteiger partial charge in [-0.15, -0.1) is 0 Å². The minimum absolute atomic E-state index is 0.571. The largest absolute Gasteiger partial charge is 0.492 e. The van der Waals surface area contributed by atoms with Crippen LogP contribution >= 0.6 is 15.9 Å². The number of rotatable bonds is 7. The molecule has 0 atom stereocenters. The van der Waals surface area contributed by atoms with Crippen LogP contribution < -0.4 is 10.1 Å². The van der Waals surface area contributed by atoms with Gasteiger partial charge in [-0.25, -0.2) is 0 Å². The van der Waals surface area contributed by atoms with E-state index in [1.807, 2.05) is 6.07 Å². The number of hydrogen-bond donors (Lipinski definition) is 1. The molecule has 0 heterocycles. The standard InChI is InChI=1S/C14H22BrNO/c1-11(2)16-8-4-5-9-17-14-7-6-12(3)10-13(14)15/h6-7,10-11,16H,4-5,8-9H2,1-3H3. The van der Waals surface area contributed by atoms with Gasteiger partial charge in [0.05, 0.1) is 11.1 Å². The average Bonchev–Trinajstić information content (AvgIpc) is 2.25. The second-order valence-electron chi connectivity index (χ2n) is 4.60. The molecule has 0 spiro atoms. The molecule has 1 rings (SSSR count). The van der Waals surface area contributed by atoms with Crippen LogP contribution in [0.4, 0.5) is 0 Å². The molecule has 0 saturated heterocycles. The van der Waals surface area contributed by atoms with E-state index in [1.54, 1.807) is 0 Å². The number of ether oxygens (including phenoxy) is 1. The molecule has 3 heteroatoms. The van der Waals surface area contributed by atoms with Crippen LogP contribution in [0.15, 0.2) is 22.7 Å². The highest BCUT2D eigenvalue weighted by molar-refractivity contribution is 9.10. The van der Waals surface area contributed by atoms with Crippen molar-refractivity contribution in [3.8, 4) is 5.75 Å². The van der Waals surface area contributed by atoms with Crippen molar-refractivity contribution in [3.05, 3.63) is 28.2 Å². The van der Waals surface area contributed by atoms with Crippen LogP contribution in [0.3, 0.4) is 0 Å². The van der Waals surface area contributed by atoms with E-state index < -0.39 is 0 Å². The van der Waals surface area contributed by atoms with Gasteiger partial charge in [0, 0.05) is 6.04 Å². The molecule has 0 unspecified atom stereocenters. The van der Waals surface area contributed by atoms with Gasteiger partial charge < -0.3 is 10.1 Å². The third-order valence-electron chi connectivity index (χ3n) is 2.47. The lowest BCUT2D eigenvalue weighted by atomic mass is 10.2. The quantitative estimate of drug-likeness (QED) is 0.771. The molecule has 0 aromatic heterocycles. The molecule has 0 aliphatic carbocycles. The Morgan fingerprint density at radius 3 is 2.71 bits per heavy atom. The van der Waals surface area contributed by atoms with E-state index in [2.05, 4.69) is 54.2 Å². The van der Waals surface area contributed by atoms with Gasteiger partial charge in [0.15, 0.2) is 0 Å². The van der Waals surface area contributed by atoms with Crippen LogP contribution in [0, 0.1) is 6.92 Å². The first-order chi connectivity index (χ1) is 8.09. The summed E-state index contributed by atoms with van der Waals surface area (Å²) < 4.78 is 6.76. The average molecular weight is 300 g/mol. The van der Waals surface area contributed by atoms with E-state index in [4.69, 9.17) is 4.74 Å². The summed E-state index contributed by atoms with van der Waals surface area (Å²) in [5, 5.41) is 3.40. The van der Waals surface area contributed by atoms with Gasteiger partial charge in [-0.1, -0.05) is 19.9 Å². The lowest BCUT2D eigenvalue weighted by Gasteiger charge is -2.10. The molecule has 96 valence electrons. The van der Waals surface area contributed by atoms with Crippen molar-refractivity contribution < 1.29 is 4.74 Å².